The lowest BCUT2D eigenvalue weighted by Crippen LogP contribution is -2.16. The molecule has 0 saturated carbocycles. The highest BCUT2D eigenvalue weighted by molar-refractivity contribution is 5.99. The van der Waals surface area contributed by atoms with Gasteiger partial charge in [0, 0.05) is 12.2 Å². The van der Waals surface area contributed by atoms with E-state index in [0.29, 0.717) is 36.9 Å². The molecule has 1 atom stereocenters. The molecule has 0 aromatic heterocycles. The average Bonchev–Trinajstić information content (AvgIpc) is 3.19. The monoisotopic (exact) mass is 385 g/mol. The van der Waals surface area contributed by atoms with Crippen molar-refractivity contribution in [1.29, 1.82) is 0 Å². The van der Waals surface area contributed by atoms with Crippen molar-refractivity contribution in [2.45, 2.75) is 19.4 Å². The fraction of sp³-hybridized carbons (Fsp3) is 0.333. The van der Waals surface area contributed by atoms with Gasteiger partial charge in [-0.25, -0.2) is 0 Å². The number of benzene rings is 2. The maximum Gasteiger partial charge on any atom is 0.248 e. The van der Waals surface area contributed by atoms with Crippen molar-refractivity contribution in [2.75, 3.05) is 26.4 Å². The molecule has 2 aromatic rings. The number of ketones is 1. The lowest BCUT2D eigenvalue weighted by molar-refractivity contribution is 0.0265. The van der Waals surface area contributed by atoms with E-state index >= 15 is 0 Å². The molecule has 1 aliphatic heterocycles. The molecule has 2 N–H and O–H groups in total. The zero-order chi connectivity index (χ0) is 19.9. The topological polar surface area (TPSA) is 97.1 Å². The van der Waals surface area contributed by atoms with Crippen LogP contribution in [-0.2, 0) is 9.47 Å². The van der Waals surface area contributed by atoms with Gasteiger partial charge in [-0.1, -0.05) is 0 Å². The Morgan fingerprint density at radius 1 is 1.11 bits per heavy atom. The molecular formula is C21H23NO6. The number of carbonyl (C=O) groups is 2. The minimum atomic E-state index is -0.588. The van der Waals surface area contributed by atoms with E-state index < -0.39 is 5.91 Å². The number of rotatable bonds is 9. The summed E-state index contributed by atoms with van der Waals surface area (Å²) in [6.07, 6.45) is 1.08. The van der Waals surface area contributed by atoms with E-state index in [1.54, 1.807) is 24.3 Å². The standard InChI is InChI=1S/C21H23NO6/c1-14(23)19-7-2-15(21(22)24)12-20(19)28-17-5-3-16(4-6-17)26-10-11-27-18-8-9-25-13-18/h2-7,12,18H,8-11,13H2,1H3,(H2,22,24)/t18-/m0/s1. The lowest BCUT2D eigenvalue weighted by atomic mass is 10.1. The third kappa shape index (κ3) is 5.31. The minimum Gasteiger partial charge on any atom is -0.491 e. The molecule has 1 fully saturated rings. The maximum absolute atomic E-state index is 11.8. The number of Topliss-reactive ketones (excluding diaryl/α,β-unsaturated/α-hetero) is 1. The van der Waals surface area contributed by atoms with Crippen LogP contribution in [0, 0.1) is 0 Å². The lowest BCUT2D eigenvalue weighted by Gasteiger charge is -2.12. The summed E-state index contributed by atoms with van der Waals surface area (Å²) < 4.78 is 22.3. The molecule has 0 bridgehead atoms. The van der Waals surface area contributed by atoms with Gasteiger partial charge in [-0.05, 0) is 55.8 Å². The Hall–Kier alpha value is -2.90. The minimum absolute atomic E-state index is 0.158. The summed E-state index contributed by atoms with van der Waals surface area (Å²) in [5.41, 5.74) is 5.95. The number of nitrogens with two attached hydrogens (primary N) is 1. The van der Waals surface area contributed by atoms with Crippen LogP contribution in [0.25, 0.3) is 0 Å². The number of carbonyl (C=O) groups excluding carboxylic acids is 2. The van der Waals surface area contributed by atoms with E-state index in [0.717, 1.165) is 13.0 Å². The van der Waals surface area contributed by atoms with Crippen LogP contribution in [0.3, 0.4) is 0 Å². The van der Waals surface area contributed by atoms with Crippen molar-refractivity contribution in [2.24, 2.45) is 5.73 Å². The van der Waals surface area contributed by atoms with Gasteiger partial charge in [0.05, 0.1) is 24.9 Å². The smallest absolute Gasteiger partial charge is 0.248 e. The van der Waals surface area contributed by atoms with Crippen molar-refractivity contribution in [3.63, 3.8) is 0 Å². The fourth-order valence-corrected chi connectivity index (χ4v) is 2.80. The second-order valence-electron chi connectivity index (χ2n) is 6.41. The Bertz CT molecular complexity index is 827. The Balaban J connectivity index is 1.58. The molecular weight excluding hydrogens is 362 g/mol. The van der Waals surface area contributed by atoms with Crippen LogP contribution in [0.15, 0.2) is 42.5 Å². The molecule has 7 heteroatoms. The summed E-state index contributed by atoms with van der Waals surface area (Å²) in [7, 11) is 0. The summed E-state index contributed by atoms with van der Waals surface area (Å²) in [4.78, 5) is 23.2. The predicted molar refractivity (Wildman–Crippen MR) is 102 cm³/mol. The normalized spacial score (nSPS) is 16.0. The molecule has 28 heavy (non-hydrogen) atoms. The highest BCUT2D eigenvalue weighted by Gasteiger charge is 2.15. The van der Waals surface area contributed by atoms with Crippen LogP contribution in [0.5, 0.6) is 17.2 Å². The number of ether oxygens (including phenoxy) is 4. The molecule has 0 radical (unpaired) electrons. The van der Waals surface area contributed by atoms with E-state index in [4.69, 9.17) is 24.7 Å². The van der Waals surface area contributed by atoms with Gasteiger partial charge < -0.3 is 24.7 Å². The molecule has 0 spiro atoms. The number of primary amides is 1. The molecule has 1 saturated heterocycles. The van der Waals surface area contributed by atoms with Crippen LogP contribution in [0.2, 0.25) is 0 Å². The van der Waals surface area contributed by atoms with Gasteiger partial charge in [-0.3, -0.25) is 9.59 Å². The van der Waals surface area contributed by atoms with Crippen LogP contribution in [-0.4, -0.2) is 44.2 Å². The second-order valence-corrected chi connectivity index (χ2v) is 6.41. The number of amides is 1. The largest absolute Gasteiger partial charge is 0.491 e. The van der Waals surface area contributed by atoms with Gasteiger partial charge >= 0.3 is 0 Å². The van der Waals surface area contributed by atoms with E-state index in [9.17, 15) is 9.59 Å². The fourth-order valence-electron chi connectivity index (χ4n) is 2.80. The summed E-state index contributed by atoms with van der Waals surface area (Å²) in [5.74, 6) is 0.713. The summed E-state index contributed by atoms with van der Waals surface area (Å²) in [5, 5.41) is 0. The summed E-state index contributed by atoms with van der Waals surface area (Å²) in [6.45, 7) is 3.76. The Kier molecular flexibility index (Phi) is 6.62. The molecule has 1 heterocycles. The Morgan fingerprint density at radius 3 is 2.50 bits per heavy atom. The van der Waals surface area contributed by atoms with Crippen molar-refractivity contribution in [3.05, 3.63) is 53.6 Å². The van der Waals surface area contributed by atoms with Gasteiger partial charge in [-0.15, -0.1) is 0 Å². The molecule has 7 nitrogen and oxygen atoms in total. The SMILES string of the molecule is CC(=O)c1ccc(C(N)=O)cc1Oc1ccc(OCCO[C@H]2CCOC2)cc1. The molecule has 1 amide bonds. The van der Waals surface area contributed by atoms with Crippen LogP contribution < -0.4 is 15.2 Å². The number of hydrogen-bond acceptors (Lipinski definition) is 6. The molecule has 3 rings (SSSR count). The molecule has 1 aliphatic rings. The van der Waals surface area contributed by atoms with Crippen molar-refractivity contribution >= 4 is 11.7 Å². The van der Waals surface area contributed by atoms with Crippen molar-refractivity contribution < 1.29 is 28.5 Å². The predicted octanol–water partition coefficient (Wildman–Crippen LogP) is 2.96. The zero-order valence-electron chi connectivity index (χ0n) is 15.7. The van der Waals surface area contributed by atoms with E-state index in [1.807, 2.05) is 0 Å². The Morgan fingerprint density at radius 2 is 1.86 bits per heavy atom. The van der Waals surface area contributed by atoms with Crippen LogP contribution in [0.1, 0.15) is 34.1 Å². The first-order chi connectivity index (χ1) is 13.5. The van der Waals surface area contributed by atoms with Gasteiger partial charge in [0.25, 0.3) is 0 Å². The third-order valence-electron chi connectivity index (χ3n) is 4.29. The first-order valence-corrected chi connectivity index (χ1v) is 9.08. The molecule has 0 aliphatic carbocycles. The zero-order valence-corrected chi connectivity index (χ0v) is 15.7. The van der Waals surface area contributed by atoms with Crippen LogP contribution in [0.4, 0.5) is 0 Å². The quantitative estimate of drug-likeness (QED) is 0.526. The first-order valence-electron chi connectivity index (χ1n) is 9.08. The molecule has 148 valence electrons. The highest BCUT2D eigenvalue weighted by Crippen LogP contribution is 2.28. The van der Waals surface area contributed by atoms with E-state index in [2.05, 4.69) is 0 Å². The highest BCUT2D eigenvalue weighted by atomic mass is 16.6. The van der Waals surface area contributed by atoms with Crippen molar-refractivity contribution in [3.8, 4) is 17.2 Å². The maximum atomic E-state index is 11.8. The summed E-state index contributed by atoms with van der Waals surface area (Å²) >= 11 is 0. The van der Waals surface area contributed by atoms with Gasteiger partial charge in [0.15, 0.2) is 5.78 Å². The van der Waals surface area contributed by atoms with Crippen LogP contribution >= 0.6 is 0 Å². The second kappa shape index (κ2) is 9.34. The van der Waals surface area contributed by atoms with E-state index in [-0.39, 0.29) is 23.2 Å². The van der Waals surface area contributed by atoms with E-state index in [1.165, 1.54) is 25.1 Å². The van der Waals surface area contributed by atoms with Gasteiger partial charge in [0.1, 0.15) is 23.9 Å². The van der Waals surface area contributed by atoms with Gasteiger partial charge in [0.2, 0.25) is 5.91 Å². The molecule has 0 unspecified atom stereocenters. The average molecular weight is 385 g/mol. The summed E-state index contributed by atoms with van der Waals surface area (Å²) in [6, 6.07) is 11.5. The number of hydrogen-bond donors (Lipinski definition) is 1. The van der Waals surface area contributed by atoms with Gasteiger partial charge in [-0.2, -0.15) is 0 Å². The third-order valence-corrected chi connectivity index (χ3v) is 4.29. The Labute approximate surface area is 163 Å². The molecule has 2 aromatic carbocycles. The van der Waals surface area contributed by atoms with Crippen molar-refractivity contribution in [1.82, 2.24) is 0 Å². The first kappa shape index (κ1) is 19.9.